The van der Waals surface area contributed by atoms with E-state index in [0.717, 1.165) is 25.7 Å². The van der Waals surface area contributed by atoms with Crippen molar-refractivity contribution in [3.63, 3.8) is 0 Å². The zero-order valence-electron chi connectivity index (χ0n) is 12.4. The number of carboxylic acids is 1. The van der Waals surface area contributed by atoms with Crippen molar-refractivity contribution in [2.75, 3.05) is 6.61 Å². The maximum atomic E-state index is 11.9. The maximum absolute atomic E-state index is 11.9. The Morgan fingerprint density at radius 3 is 2.20 bits per heavy atom. The van der Waals surface area contributed by atoms with Gasteiger partial charge in [-0.3, -0.25) is 0 Å². The summed E-state index contributed by atoms with van der Waals surface area (Å²) >= 11 is 0. The van der Waals surface area contributed by atoms with Gasteiger partial charge in [0.2, 0.25) is 0 Å². The number of hydrogen-bond acceptors (Lipinski definition) is 4. The molecule has 3 N–H and O–H groups in total. The van der Waals surface area contributed by atoms with Crippen LogP contribution in [0.5, 0.6) is 0 Å². The molecule has 1 saturated carbocycles. The minimum Gasteiger partial charge on any atom is -0.479 e. The Morgan fingerprint density at radius 1 is 1.25 bits per heavy atom. The molecule has 20 heavy (non-hydrogen) atoms. The summed E-state index contributed by atoms with van der Waals surface area (Å²) in [6.45, 7) is 4.86. The SMILES string of the molecule is CC(C)(C)OC(=O)N[C@@](CCO)(C(=O)O)C1CCCC1. The highest BCUT2D eigenvalue weighted by molar-refractivity contribution is 5.85. The lowest BCUT2D eigenvalue weighted by molar-refractivity contribution is -0.148. The average Bonchev–Trinajstić information content (AvgIpc) is 2.78. The molecule has 116 valence electrons. The molecule has 0 bridgehead atoms. The first-order valence-electron chi connectivity index (χ1n) is 7.07. The fourth-order valence-electron chi connectivity index (χ4n) is 2.78. The van der Waals surface area contributed by atoms with E-state index < -0.39 is 23.2 Å². The van der Waals surface area contributed by atoms with Crippen molar-refractivity contribution in [3.8, 4) is 0 Å². The number of alkyl carbamates (subject to hydrolysis) is 1. The molecule has 1 aliphatic rings. The molecule has 6 nitrogen and oxygen atoms in total. The maximum Gasteiger partial charge on any atom is 0.408 e. The van der Waals surface area contributed by atoms with Crippen LogP contribution in [-0.4, -0.2) is 40.0 Å². The molecule has 1 rings (SSSR count). The van der Waals surface area contributed by atoms with Crippen molar-refractivity contribution in [1.82, 2.24) is 5.32 Å². The second-order valence-electron chi connectivity index (χ2n) is 6.36. The van der Waals surface area contributed by atoms with Gasteiger partial charge in [-0.25, -0.2) is 9.59 Å². The highest BCUT2D eigenvalue weighted by Gasteiger charge is 2.48. The van der Waals surface area contributed by atoms with Crippen LogP contribution in [0.15, 0.2) is 0 Å². The molecule has 0 spiro atoms. The normalized spacial score (nSPS) is 19.4. The van der Waals surface area contributed by atoms with E-state index in [1.54, 1.807) is 20.8 Å². The quantitative estimate of drug-likeness (QED) is 0.717. The van der Waals surface area contributed by atoms with Crippen molar-refractivity contribution in [2.45, 2.75) is 64.0 Å². The van der Waals surface area contributed by atoms with Crippen molar-refractivity contribution < 1.29 is 24.5 Å². The van der Waals surface area contributed by atoms with Gasteiger partial charge in [-0.05, 0) is 39.5 Å². The van der Waals surface area contributed by atoms with Gasteiger partial charge in [-0.2, -0.15) is 0 Å². The zero-order chi connectivity index (χ0) is 15.4. The second-order valence-corrected chi connectivity index (χ2v) is 6.36. The van der Waals surface area contributed by atoms with Gasteiger partial charge in [0.25, 0.3) is 0 Å². The number of aliphatic carboxylic acids is 1. The van der Waals surface area contributed by atoms with Crippen molar-refractivity contribution in [2.24, 2.45) is 5.92 Å². The summed E-state index contributed by atoms with van der Waals surface area (Å²) in [6, 6.07) is 0. The number of carboxylic acid groups (broad SMARTS) is 1. The predicted molar refractivity (Wildman–Crippen MR) is 73.4 cm³/mol. The van der Waals surface area contributed by atoms with Crippen LogP contribution >= 0.6 is 0 Å². The Labute approximate surface area is 119 Å². The molecule has 1 atom stereocenters. The first kappa shape index (κ1) is 16.8. The van der Waals surface area contributed by atoms with Gasteiger partial charge in [-0.15, -0.1) is 0 Å². The predicted octanol–water partition coefficient (Wildman–Crippen LogP) is 1.91. The number of hydrogen-bond donors (Lipinski definition) is 3. The minimum atomic E-state index is -1.44. The lowest BCUT2D eigenvalue weighted by Crippen LogP contribution is -2.60. The summed E-state index contributed by atoms with van der Waals surface area (Å²) in [5.41, 5.74) is -2.13. The van der Waals surface area contributed by atoms with E-state index in [0.29, 0.717) is 0 Å². The van der Waals surface area contributed by atoms with Gasteiger partial charge in [0, 0.05) is 13.0 Å². The van der Waals surface area contributed by atoms with E-state index in [4.69, 9.17) is 4.74 Å². The van der Waals surface area contributed by atoms with Crippen LogP contribution in [0.1, 0.15) is 52.9 Å². The molecular weight excluding hydrogens is 262 g/mol. The molecular formula is C14H25NO5. The smallest absolute Gasteiger partial charge is 0.408 e. The Bertz CT molecular complexity index is 357. The summed E-state index contributed by atoms with van der Waals surface area (Å²) in [6.07, 6.45) is 2.61. The number of aliphatic hydroxyl groups is 1. The lowest BCUT2D eigenvalue weighted by Gasteiger charge is -2.36. The topological polar surface area (TPSA) is 95.9 Å². The third-order valence-electron chi connectivity index (χ3n) is 3.66. The highest BCUT2D eigenvalue weighted by atomic mass is 16.6. The number of rotatable bonds is 5. The summed E-state index contributed by atoms with van der Waals surface area (Å²) in [4.78, 5) is 23.7. The molecule has 0 aromatic rings. The summed E-state index contributed by atoms with van der Waals surface area (Å²) < 4.78 is 5.15. The van der Waals surface area contributed by atoms with Gasteiger partial charge in [-0.1, -0.05) is 12.8 Å². The summed E-state index contributed by atoms with van der Waals surface area (Å²) in [7, 11) is 0. The Hall–Kier alpha value is -1.30. The number of ether oxygens (including phenoxy) is 1. The fourth-order valence-corrected chi connectivity index (χ4v) is 2.78. The molecule has 0 aliphatic heterocycles. The van der Waals surface area contributed by atoms with Crippen molar-refractivity contribution in [1.29, 1.82) is 0 Å². The fraction of sp³-hybridized carbons (Fsp3) is 0.857. The van der Waals surface area contributed by atoms with E-state index in [-0.39, 0.29) is 18.9 Å². The molecule has 6 heteroatoms. The van der Waals surface area contributed by atoms with Gasteiger partial charge in [0.05, 0.1) is 0 Å². The molecule has 1 amide bonds. The van der Waals surface area contributed by atoms with Crippen LogP contribution in [0, 0.1) is 5.92 Å². The van der Waals surface area contributed by atoms with Gasteiger partial charge < -0.3 is 20.3 Å². The Morgan fingerprint density at radius 2 is 1.80 bits per heavy atom. The Balaban J connectivity index is 2.91. The zero-order valence-corrected chi connectivity index (χ0v) is 12.4. The number of carbonyl (C=O) groups excluding carboxylic acids is 1. The first-order valence-corrected chi connectivity index (χ1v) is 7.07. The number of nitrogens with one attached hydrogen (secondary N) is 1. The van der Waals surface area contributed by atoms with E-state index in [2.05, 4.69) is 5.32 Å². The number of carbonyl (C=O) groups is 2. The number of amides is 1. The van der Waals surface area contributed by atoms with Crippen LogP contribution in [-0.2, 0) is 9.53 Å². The summed E-state index contributed by atoms with van der Waals surface area (Å²) in [5.74, 6) is -1.27. The van der Waals surface area contributed by atoms with E-state index in [1.807, 2.05) is 0 Å². The van der Waals surface area contributed by atoms with Gasteiger partial charge in [0.15, 0.2) is 0 Å². The third-order valence-corrected chi connectivity index (χ3v) is 3.66. The molecule has 1 fully saturated rings. The van der Waals surface area contributed by atoms with Gasteiger partial charge >= 0.3 is 12.1 Å². The highest BCUT2D eigenvalue weighted by Crippen LogP contribution is 2.36. The lowest BCUT2D eigenvalue weighted by atomic mass is 9.80. The minimum absolute atomic E-state index is 0.00770. The third kappa shape index (κ3) is 4.10. The van der Waals surface area contributed by atoms with Crippen molar-refractivity contribution in [3.05, 3.63) is 0 Å². The second kappa shape index (κ2) is 6.43. The van der Waals surface area contributed by atoms with Gasteiger partial charge in [0.1, 0.15) is 11.1 Å². The molecule has 0 aromatic heterocycles. The largest absolute Gasteiger partial charge is 0.479 e. The van der Waals surface area contributed by atoms with E-state index in [1.165, 1.54) is 0 Å². The molecule has 0 heterocycles. The van der Waals surface area contributed by atoms with Crippen LogP contribution in [0.4, 0.5) is 4.79 Å². The monoisotopic (exact) mass is 287 g/mol. The standard InChI is InChI=1S/C14H25NO5/c1-13(2,3)20-12(19)15-14(8-9-16,11(17)18)10-6-4-5-7-10/h10,16H,4-9H2,1-3H3,(H,15,19)(H,17,18)/t14-/m1/s1. The van der Waals surface area contributed by atoms with E-state index in [9.17, 15) is 19.8 Å². The molecule has 0 radical (unpaired) electrons. The van der Waals surface area contributed by atoms with Crippen LogP contribution in [0.25, 0.3) is 0 Å². The van der Waals surface area contributed by atoms with Crippen LogP contribution in [0.3, 0.4) is 0 Å². The molecule has 0 saturated heterocycles. The first-order chi connectivity index (χ1) is 9.21. The average molecular weight is 287 g/mol. The summed E-state index contributed by atoms with van der Waals surface area (Å²) in [5, 5.41) is 21.3. The molecule has 0 unspecified atom stereocenters. The van der Waals surface area contributed by atoms with E-state index >= 15 is 0 Å². The Kier molecular flexibility index (Phi) is 5.39. The number of aliphatic hydroxyl groups excluding tert-OH is 1. The molecule has 1 aliphatic carbocycles. The van der Waals surface area contributed by atoms with Crippen molar-refractivity contribution >= 4 is 12.1 Å². The van der Waals surface area contributed by atoms with Crippen LogP contribution in [0.2, 0.25) is 0 Å². The van der Waals surface area contributed by atoms with Crippen LogP contribution < -0.4 is 5.32 Å². The molecule has 0 aromatic carbocycles.